The van der Waals surface area contributed by atoms with E-state index in [1.807, 2.05) is 29.2 Å². The number of amides is 2. The molecule has 0 radical (unpaired) electrons. The first-order valence-electron chi connectivity index (χ1n) is 13.5. The van der Waals surface area contributed by atoms with Crippen LogP contribution in [-0.4, -0.2) is 77.4 Å². The van der Waals surface area contributed by atoms with E-state index in [-0.39, 0.29) is 23.9 Å². The fourth-order valence-electron chi connectivity index (χ4n) is 6.75. The Hall–Kier alpha value is -2.43. The number of benzene rings is 1. The van der Waals surface area contributed by atoms with Crippen LogP contribution in [0, 0.1) is 17.2 Å². The molecule has 2 amide bonds. The molecular formula is C28H39N5O2. The van der Waals surface area contributed by atoms with Crippen molar-refractivity contribution in [2.75, 3.05) is 33.2 Å². The average Bonchev–Trinajstić information content (AvgIpc) is 3.30. The predicted octanol–water partition coefficient (Wildman–Crippen LogP) is 2.89. The summed E-state index contributed by atoms with van der Waals surface area (Å²) in [5, 5.41) is 12.3. The number of nitrogens with zero attached hydrogens (tertiary/aromatic N) is 4. The lowest BCUT2D eigenvalue weighted by molar-refractivity contribution is -0.135. The number of carbonyl (C=O) groups is 2. The van der Waals surface area contributed by atoms with E-state index in [9.17, 15) is 9.59 Å². The lowest BCUT2D eigenvalue weighted by Crippen LogP contribution is -2.56. The first-order valence-corrected chi connectivity index (χ1v) is 13.5. The molecule has 4 aliphatic rings. The first kappa shape index (κ1) is 24.3. The van der Waals surface area contributed by atoms with Gasteiger partial charge in [-0.05, 0) is 62.8 Å². The number of hydrogen-bond acceptors (Lipinski definition) is 5. The Kier molecular flexibility index (Phi) is 7.13. The molecule has 1 spiro atoms. The third-order valence-corrected chi connectivity index (χ3v) is 8.98. The van der Waals surface area contributed by atoms with Gasteiger partial charge in [0.25, 0.3) is 0 Å². The van der Waals surface area contributed by atoms with Gasteiger partial charge in [-0.25, -0.2) is 0 Å². The summed E-state index contributed by atoms with van der Waals surface area (Å²) in [4.78, 5) is 33.4. The molecule has 0 aromatic heterocycles. The number of piperidine rings is 1. The highest BCUT2D eigenvalue weighted by Gasteiger charge is 2.49. The number of carbonyl (C=O) groups excluding carboxylic acids is 2. The van der Waals surface area contributed by atoms with Gasteiger partial charge in [0, 0.05) is 38.8 Å². The molecule has 1 aromatic carbocycles. The molecule has 1 saturated carbocycles. The molecule has 1 aromatic rings. The Morgan fingerprint density at radius 2 is 1.83 bits per heavy atom. The molecule has 7 heteroatoms. The number of hydrogen-bond donors (Lipinski definition) is 1. The largest absolute Gasteiger partial charge is 0.348 e. The zero-order chi connectivity index (χ0) is 24.4. The van der Waals surface area contributed by atoms with Crippen molar-refractivity contribution in [3.8, 4) is 6.07 Å². The van der Waals surface area contributed by atoms with Gasteiger partial charge in [-0.1, -0.05) is 31.4 Å². The van der Waals surface area contributed by atoms with E-state index in [4.69, 9.17) is 5.26 Å². The number of likely N-dealkylation sites (N-methyl/N-ethyl adjacent to an activating group) is 1. The second-order valence-corrected chi connectivity index (χ2v) is 11.4. The standard InChI is InChI=1S/C28H39N5O2/c1-31(18-22-5-3-2-4-6-22)24-15-25-27(35)30-28(16-26(34)33(25)20-24)11-13-32(14-12-28)19-23-9-7-21(17-29)8-10-23/h7-10,22,24-25H,2-6,11-16,18-20H2,1H3,(H,30,35)/t24-,25-/m0/s1. The Morgan fingerprint density at radius 1 is 1.11 bits per heavy atom. The fourth-order valence-corrected chi connectivity index (χ4v) is 6.75. The van der Waals surface area contributed by atoms with E-state index in [2.05, 4.69) is 28.2 Å². The minimum absolute atomic E-state index is 0.0463. The van der Waals surface area contributed by atoms with Crippen molar-refractivity contribution < 1.29 is 9.59 Å². The third-order valence-electron chi connectivity index (χ3n) is 8.98. The maximum absolute atomic E-state index is 13.4. The molecular weight excluding hydrogens is 438 g/mol. The molecule has 35 heavy (non-hydrogen) atoms. The molecule has 5 rings (SSSR count). The summed E-state index contributed by atoms with van der Waals surface area (Å²) in [5.74, 6) is 0.948. The summed E-state index contributed by atoms with van der Waals surface area (Å²) in [5.41, 5.74) is 1.45. The van der Waals surface area contributed by atoms with Crippen LogP contribution in [0.2, 0.25) is 0 Å². The zero-order valence-electron chi connectivity index (χ0n) is 21.0. The van der Waals surface area contributed by atoms with Crippen LogP contribution in [0.1, 0.15) is 68.9 Å². The minimum atomic E-state index is -0.414. The van der Waals surface area contributed by atoms with Gasteiger partial charge in [-0.2, -0.15) is 5.26 Å². The molecule has 0 unspecified atom stereocenters. The van der Waals surface area contributed by atoms with Crippen LogP contribution in [-0.2, 0) is 16.1 Å². The van der Waals surface area contributed by atoms with Crippen LogP contribution in [0.25, 0.3) is 0 Å². The van der Waals surface area contributed by atoms with Gasteiger partial charge in [-0.15, -0.1) is 0 Å². The SMILES string of the molecule is CN(CC1CCCCC1)[C@H]1C[C@H]2C(=O)NC3(CCN(Cc4ccc(C#N)cc4)CC3)CC(=O)N2C1. The van der Waals surface area contributed by atoms with E-state index in [1.165, 1.54) is 37.7 Å². The number of fused-ring (bicyclic) bond motifs is 1. The molecule has 7 nitrogen and oxygen atoms in total. The number of likely N-dealkylation sites (tertiary alicyclic amines) is 1. The maximum Gasteiger partial charge on any atom is 0.243 e. The molecule has 188 valence electrons. The number of nitriles is 1. The summed E-state index contributed by atoms with van der Waals surface area (Å²) in [6, 6.07) is 9.86. The van der Waals surface area contributed by atoms with Crippen LogP contribution >= 0.6 is 0 Å². The number of rotatable bonds is 5. The minimum Gasteiger partial charge on any atom is -0.348 e. The van der Waals surface area contributed by atoms with Gasteiger partial charge in [0.05, 0.1) is 23.6 Å². The molecule has 0 bridgehead atoms. The second-order valence-electron chi connectivity index (χ2n) is 11.4. The lowest BCUT2D eigenvalue weighted by atomic mass is 9.83. The Morgan fingerprint density at radius 3 is 2.51 bits per heavy atom. The molecule has 3 heterocycles. The van der Waals surface area contributed by atoms with Crippen LogP contribution < -0.4 is 5.32 Å². The van der Waals surface area contributed by atoms with Gasteiger partial charge in [0.2, 0.25) is 11.8 Å². The summed E-state index contributed by atoms with van der Waals surface area (Å²) in [6.07, 6.45) is 9.43. The Balaban J connectivity index is 1.16. The van der Waals surface area contributed by atoms with Gasteiger partial charge < -0.3 is 15.1 Å². The first-order chi connectivity index (χ1) is 16.9. The van der Waals surface area contributed by atoms with Gasteiger partial charge >= 0.3 is 0 Å². The summed E-state index contributed by atoms with van der Waals surface area (Å²) in [7, 11) is 2.18. The Bertz CT molecular complexity index is 929. The smallest absolute Gasteiger partial charge is 0.243 e. The quantitative estimate of drug-likeness (QED) is 0.706. The van der Waals surface area contributed by atoms with Crippen molar-refractivity contribution in [1.29, 1.82) is 5.26 Å². The molecule has 1 aliphatic carbocycles. The van der Waals surface area contributed by atoms with Gasteiger partial charge in [0.15, 0.2) is 0 Å². The van der Waals surface area contributed by atoms with E-state index in [0.29, 0.717) is 18.5 Å². The van der Waals surface area contributed by atoms with E-state index in [0.717, 1.165) is 51.4 Å². The molecule has 3 saturated heterocycles. The highest BCUT2D eigenvalue weighted by Crippen LogP contribution is 2.34. The van der Waals surface area contributed by atoms with E-state index in [1.54, 1.807) is 0 Å². The third kappa shape index (κ3) is 5.39. The second kappa shape index (κ2) is 10.3. The van der Waals surface area contributed by atoms with Gasteiger partial charge in [-0.3, -0.25) is 14.5 Å². The van der Waals surface area contributed by atoms with Gasteiger partial charge in [0.1, 0.15) is 6.04 Å². The monoisotopic (exact) mass is 477 g/mol. The highest BCUT2D eigenvalue weighted by atomic mass is 16.2. The van der Waals surface area contributed by atoms with Crippen molar-refractivity contribution in [2.24, 2.45) is 5.92 Å². The fraction of sp³-hybridized carbons (Fsp3) is 0.679. The van der Waals surface area contributed by atoms with Crippen molar-refractivity contribution >= 4 is 11.8 Å². The highest BCUT2D eigenvalue weighted by molar-refractivity contribution is 5.92. The number of nitrogens with one attached hydrogen (secondary N) is 1. The predicted molar refractivity (Wildman–Crippen MR) is 134 cm³/mol. The summed E-state index contributed by atoms with van der Waals surface area (Å²) in [6.45, 7) is 4.30. The van der Waals surface area contributed by atoms with Crippen LogP contribution in [0.4, 0.5) is 0 Å². The van der Waals surface area contributed by atoms with Crippen LogP contribution in [0.15, 0.2) is 24.3 Å². The summed E-state index contributed by atoms with van der Waals surface area (Å²) < 4.78 is 0. The topological polar surface area (TPSA) is 79.7 Å². The normalized spacial score (nSPS) is 27.5. The van der Waals surface area contributed by atoms with Crippen molar-refractivity contribution in [3.63, 3.8) is 0 Å². The van der Waals surface area contributed by atoms with Crippen LogP contribution in [0.5, 0.6) is 0 Å². The van der Waals surface area contributed by atoms with Crippen molar-refractivity contribution in [3.05, 3.63) is 35.4 Å². The Labute approximate surface area is 209 Å². The van der Waals surface area contributed by atoms with Crippen molar-refractivity contribution in [2.45, 2.75) is 82.0 Å². The van der Waals surface area contributed by atoms with E-state index < -0.39 is 5.54 Å². The molecule has 4 fully saturated rings. The lowest BCUT2D eigenvalue weighted by Gasteiger charge is -2.41. The maximum atomic E-state index is 13.4. The summed E-state index contributed by atoms with van der Waals surface area (Å²) >= 11 is 0. The van der Waals surface area contributed by atoms with E-state index >= 15 is 0 Å². The molecule has 1 N–H and O–H groups in total. The van der Waals surface area contributed by atoms with Crippen LogP contribution in [0.3, 0.4) is 0 Å². The average molecular weight is 478 g/mol. The zero-order valence-corrected chi connectivity index (χ0v) is 21.0. The molecule has 3 aliphatic heterocycles. The molecule has 2 atom stereocenters. The van der Waals surface area contributed by atoms with Crippen molar-refractivity contribution in [1.82, 2.24) is 20.0 Å².